The minimum Gasteiger partial charge on any atom is -0.489 e. The van der Waals surface area contributed by atoms with Crippen LogP contribution in [0.5, 0.6) is 5.75 Å². The molecule has 7 heteroatoms. The van der Waals surface area contributed by atoms with E-state index in [4.69, 9.17) is 4.74 Å². The van der Waals surface area contributed by atoms with Gasteiger partial charge in [-0.2, -0.15) is 0 Å². The number of Topliss-reactive ketones (excluding diaryl/α,β-unsaturated/α-hetero) is 1. The van der Waals surface area contributed by atoms with E-state index in [-0.39, 0.29) is 29.4 Å². The number of amides is 2. The molecular formula is C24H23N3O4. The Morgan fingerprint density at radius 3 is 2.84 bits per heavy atom. The maximum atomic E-state index is 12.9. The third kappa shape index (κ3) is 3.83. The molecule has 5 rings (SSSR count). The number of imide groups is 1. The first kappa shape index (κ1) is 19.5. The van der Waals surface area contributed by atoms with Crippen molar-refractivity contribution in [1.29, 1.82) is 0 Å². The Morgan fingerprint density at radius 1 is 1.10 bits per heavy atom. The molecule has 2 aromatic heterocycles. The van der Waals surface area contributed by atoms with E-state index in [0.29, 0.717) is 38.7 Å². The predicted molar refractivity (Wildman–Crippen MR) is 113 cm³/mol. The molecule has 0 saturated carbocycles. The highest BCUT2D eigenvalue weighted by atomic mass is 16.5. The highest BCUT2D eigenvalue weighted by Crippen LogP contribution is 2.37. The Labute approximate surface area is 179 Å². The Balaban J connectivity index is 1.25. The van der Waals surface area contributed by atoms with Crippen molar-refractivity contribution in [3.8, 4) is 5.75 Å². The highest BCUT2D eigenvalue weighted by Gasteiger charge is 2.34. The predicted octanol–water partition coefficient (Wildman–Crippen LogP) is 3.10. The number of nitrogens with one attached hydrogen (secondary N) is 1. The molecule has 0 spiro atoms. The molecule has 1 fully saturated rings. The first-order valence-corrected chi connectivity index (χ1v) is 10.6. The molecule has 0 bridgehead atoms. The normalized spacial score (nSPS) is 20.7. The average molecular weight is 417 g/mol. The van der Waals surface area contributed by atoms with Crippen molar-refractivity contribution in [3.63, 3.8) is 0 Å². The Morgan fingerprint density at radius 2 is 1.97 bits per heavy atom. The van der Waals surface area contributed by atoms with Gasteiger partial charge in [0, 0.05) is 53.5 Å². The van der Waals surface area contributed by atoms with Gasteiger partial charge < -0.3 is 9.14 Å². The zero-order chi connectivity index (χ0) is 21.4. The molecule has 158 valence electrons. The van der Waals surface area contributed by atoms with Crippen molar-refractivity contribution < 1.29 is 19.1 Å². The van der Waals surface area contributed by atoms with Crippen LogP contribution in [0.15, 0.2) is 48.9 Å². The van der Waals surface area contributed by atoms with E-state index < -0.39 is 0 Å². The minimum atomic E-state index is -0.210. The number of piperidine rings is 1. The summed E-state index contributed by atoms with van der Waals surface area (Å²) in [6, 6.07) is 9.55. The third-order valence-electron chi connectivity index (χ3n) is 6.28. The number of rotatable bonds is 6. The van der Waals surface area contributed by atoms with Gasteiger partial charge in [-0.25, -0.2) is 4.98 Å². The number of pyridine rings is 1. The molecule has 7 nitrogen and oxygen atoms in total. The van der Waals surface area contributed by atoms with Crippen LogP contribution in [-0.2, 0) is 22.6 Å². The van der Waals surface area contributed by atoms with E-state index in [1.807, 2.05) is 47.1 Å². The lowest BCUT2D eigenvalue weighted by Crippen LogP contribution is -2.40. The topological polar surface area (TPSA) is 89.8 Å². The fourth-order valence-electron chi connectivity index (χ4n) is 4.56. The molecule has 1 saturated heterocycles. The number of carbonyl (C=O) groups is 3. The summed E-state index contributed by atoms with van der Waals surface area (Å²) in [5.41, 5.74) is 3.57. The van der Waals surface area contributed by atoms with Gasteiger partial charge in [0.25, 0.3) is 0 Å². The standard InChI is InChI=1S/C24H23N3O4/c28-22-9-7-16(24(30)26-22)5-6-17-12-19-18(23(17)29)2-1-3-20(19)31-14-15-4-8-21-25-10-11-27(21)13-15/h1-4,8,10-11,13,16-17H,5-7,9,12,14H2,(H,26,28,30). The molecule has 1 aliphatic heterocycles. The number of hydrogen-bond acceptors (Lipinski definition) is 5. The van der Waals surface area contributed by atoms with Gasteiger partial charge >= 0.3 is 0 Å². The average Bonchev–Trinajstić information content (AvgIpc) is 3.36. The van der Waals surface area contributed by atoms with E-state index in [1.54, 1.807) is 6.20 Å². The summed E-state index contributed by atoms with van der Waals surface area (Å²) >= 11 is 0. The quantitative estimate of drug-likeness (QED) is 0.623. The van der Waals surface area contributed by atoms with Gasteiger partial charge in [-0.15, -0.1) is 0 Å². The van der Waals surface area contributed by atoms with Crippen LogP contribution >= 0.6 is 0 Å². The van der Waals surface area contributed by atoms with E-state index >= 15 is 0 Å². The second-order valence-electron chi connectivity index (χ2n) is 8.29. The largest absolute Gasteiger partial charge is 0.489 e. The summed E-state index contributed by atoms with van der Waals surface area (Å²) in [6.45, 7) is 0.402. The van der Waals surface area contributed by atoms with Gasteiger partial charge in [-0.3, -0.25) is 19.7 Å². The highest BCUT2D eigenvalue weighted by molar-refractivity contribution is 6.03. The molecular weight excluding hydrogens is 394 g/mol. The van der Waals surface area contributed by atoms with Gasteiger partial charge in [0.05, 0.1) is 0 Å². The third-order valence-corrected chi connectivity index (χ3v) is 6.28. The summed E-state index contributed by atoms with van der Waals surface area (Å²) in [5.74, 6) is 0.0980. The van der Waals surface area contributed by atoms with Crippen LogP contribution in [-0.4, -0.2) is 27.0 Å². The minimum absolute atomic E-state index is 0.118. The van der Waals surface area contributed by atoms with Gasteiger partial charge in [-0.05, 0) is 37.8 Å². The van der Waals surface area contributed by atoms with Crippen molar-refractivity contribution in [2.45, 2.75) is 38.7 Å². The number of ketones is 1. The SMILES string of the molecule is O=C1CCC(CCC2Cc3c(OCc4ccc5nccn5c4)cccc3C2=O)C(=O)N1. The van der Waals surface area contributed by atoms with Crippen LogP contribution < -0.4 is 10.1 Å². The molecule has 3 heterocycles. The fourth-order valence-corrected chi connectivity index (χ4v) is 4.56. The van der Waals surface area contributed by atoms with Crippen molar-refractivity contribution >= 4 is 23.2 Å². The van der Waals surface area contributed by atoms with Crippen LogP contribution in [0.3, 0.4) is 0 Å². The lowest BCUT2D eigenvalue weighted by Gasteiger charge is -2.21. The van der Waals surface area contributed by atoms with E-state index in [9.17, 15) is 14.4 Å². The van der Waals surface area contributed by atoms with E-state index in [0.717, 1.165) is 28.1 Å². The van der Waals surface area contributed by atoms with Crippen LogP contribution in [0.2, 0.25) is 0 Å². The van der Waals surface area contributed by atoms with E-state index in [1.165, 1.54) is 0 Å². The molecule has 1 aromatic carbocycles. The number of imidazole rings is 1. The molecule has 0 radical (unpaired) electrons. The molecule has 2 aliphatic rings. The number of fused-ring (bicyclic) bond motifs is 2. The van der Waals surface area contributed by atoms with Crippen molar-refractivity contribution in [2.24, 2.45) is 11.8 Å². The van der Waals surface area contributed by atoms with Crippen LogP contribution in [0, 0.1) is 11.8 Å². The number of nitrogens with zero attached hydrogens (tertiary/aromatic N) is 2. The first-order chi connectivity index (χ1) is 15.1. The molecule has 1 N–H and O–H groups in total. The van der Waals surface area contributed by atoms with E-state index in [2.05, 4.69) is 10.3 Å². The summed E-state index contributed by atoms with van der Waals surface area (Å²) in [4.78, 5) is 40.5. The summed E-state index contributed by atoms with van der Waals surface area (Å²) in [5, 5.41) is 2.40. The number of hydrogen-bond donors (Lipinski definition) is 1. The van der Waals surface area contributed by atoms with Gasteiger partial charge in [-0.1, -0.05) is 18.2 Å². The number of aromatic nitrogens is 2. The van der Waals surface area contributed by atoms with Gasteiger partial charge in [0.2, 0.25) is 11.8 Å². The molecule has 2 atom stereocenters. The summed E-state index contributed by atoms with van der Waals surface area (Å²) in [6.07, 6.45) is 8.44. The monoisotopic (exact) mass is 417 g/mol. The second-order valence-corrected chi connectivity index (χ2v) is 8.29. The van der Waals surface area contributed by atoms with Gasteiger partial charge in [0.1, 0.15) is 18.0 Å². The first-order valence-electron chi connectivity index (χ1n) is 10.6. The number of ether oxygens (including phenoxy) is 1. The molecule has 3 aromatic rings. The smallest absolute Gasteiger partial charge is 0.229 e. The molecule has 2 unspecified atom stereocenters. The molecule has 1 aliphatic carbocycles. The van der Waals surface area contributed by atoms with Crippen LogP contribution in [0.25, 0.3) is 5.65 Å². The van der Waals surface area contributed by atoms with Crippen molar-refractivity contribution in [2.75, 3.05) is 0 Å². The fraction of sp³-hybridized carbons (Fsp3) is 0.333. The molecule has 2 amide bonds. The lowest BCUT2D eigenvalue weighted by atomic mass is 9.88. The Bertz CT molecular complexity index is 1180. The summed E-state index contributed by atoms with van der Waals surface area (Å²) in [7, 11) is 0. The van der Waals surface area contributed by atoms with Crippen LogP contribution in [0.4, 0.5) is 0 Å². The van der Waals surface area contributed by atoms with Crippen molar-refractivity contribution in [3.05, 3.63) is 65.6 Å². The van der Waals surface area contributed by atoms with Crippen molar-refractivity contribution in [1.82, 2.24) is 14.7 Å². The van der Waals surface area contributed by atoms with Gasteiger partial charge in [0.15, 0.2) is 5.78 Å². The second kappa shape index (κ2) is 7.98. The zero-order valence-electron chi connectivity index (χ0n) is 17.0. The summed E-state index contributed by atoms with van der Waals surface area (Å²) < 4.78 is 8.04. The molecule has 31 heavy (non-hydrogen) atoms. The zero-order valence-corrected chi connectivity index (χ0v) is 17.0. The number of benzene rings is 1. The van der Waals surface area contributed by atoms with Crippen LogP contribution in [0.1, 0.15) is 47.2 Å². The maximum Gasteiger partial charge on any atom is 0.229 e. The Hall–Kier alpha value is -3.48. The number of carbonyl (C=O) groups excluding carboxylic acids is 3. The Kier molecular flexibility index (Phi) is 5.02. The maximum absolute atomic E-state index is 12.9. The lowest BCUT2D eigenvalue weighted by molar-refractivity contribution is -0.136.